The molecule has 0 heterocycles. The molecule has 17 heavy (non-hydrogen) atoms. The summed E-state index contributed by atoms with van der Waals surface area (Å²) in [6, 6.07) is -0.0884. The Bertz CT molecular complexity index is 216. The van der Waals surface area contributed by atoms with Gasteiger partial charge in [-0.2, -0.15) is 0 Å². The van der Waals surface area contributed by atoms with Crippen molar-refractivity contribution in [3.05, 3.63) is 0 Å². The van der Waals surface area contributed by atoms with Gasteiger partial charge >= 0.3 is 11.9 Å². The number of alkyl halides is 2. The molecule has 0 aromatic rings. The van der Waals surface area contributed by atoms with E-state index in [1.54, 1.807) is 20.8 Å². The monoisotopic (exact) mass is 286 g/mol. The normalized spacial score (nSPS) is 10.0. The van der Waals surface area contributed by atoms with Crippen LogP contribution in [0.25, 0.3) is 0 Å². The molecule has 0 aromatic heterocycles. The Kier molecular flexibility index (Phi) is 11.8. The minimum atomic E-state index is -0.436. The van der Waals surface area contributed by atoms with Gasteiger partial charge in [0.15, 0.2) is 12.1 Å². The van der Waals surface area contributed by atoms with Gasteiger partial charge in [-0.25, -0.2) is 0 Å². The number of hydrogen-bond donors (Lipinski definition) is 0. The second-order valence-electron chi connectivity index (χ2n) is 4.17. The van der Waals surface area contributed by atoms with Gasteiger partial charge in [-0.3, -0.25) is 9.59 Å². The van der Waals surface area contributed by atoms with E-state index in [-0.39, 0.29) is 24.1 Å². The topological polar surface area (TPSA) is 52.6 Å². The first-order valence-electron chi connectivity index (χ1n) is 5.24. The van der Waals surface area contributed by atoms with Crippen LogP contribution in [0.4, 0.5) is 0 Å². The third kappa shape index (κ3) is 13.5. The van der Waals surface area contributed by atoms with E-state index in [0.717, 1.165) is 6.42 Å². The Morgan fingerprint density at radius 3 is 1.76 bits per heavy atom. The van der Waals surface area contributed by atoms with Crippen molar-refractivity contribution in [2.75, 3.05) is 12.1 Å². The predicted molar refractivity (Wildman–Crippen MR) is 68.0 cm³/mol. The zero-order valence-corrected chi connectivity index (χ0v) is 12.2. The summed E-state index contributed by atoms with van der Waals surface area (Å²) < 4.78 is 8.94. The predicted octanol–water partition coefficient (Wildman–Crippen LogP) is 3.30. The van der Waals surface area contributed by atoms with E-state index >= 15 is 0 Å². The minimum absolute atomic E-state index is 0.0289. The number of carbonyl (C=O) groups is 2. The van der Waals surface area contributed by atoms with Gasteiger partial charge in [0.2, 0.25) is 0 Å². The van der Waals surface area contributed by atoms with Crippen LogP contribution >= 0.6 is 23.2 Å². The largest absolute Gasteiger partial charge is 0.449 e. The molecule has 102 valence electrons. The first-order chi connectivity index (χ1) is 7.79. The van der Waals surface area contributed by atoms with Gasteiger partial charge in [-0.1, -0.05) is 30.1 Å². The van der Waals surface area contributed by atoms with Crippen molar-refractivity contribution >= 4 is 35.1 Å². The summed E-state index contributed by atoms with van der Waals surface area (Å²) in [5, 5.41) is 0. The van der Waals surface area contributed by atoms with Crippen molar-refractivity contribution < 1.29 is 19.1 Å². The molecule has 4 nitrogen and oxygen atoms in total. The maximum atomic E-state index is 10.8. The molecule has 0 bridgehead atoms. The van der Waals surface area contributed by atoms with Gasteiger partial charge in [0, 0.05) is 6.42 Å². The first kappa shape index (κ1) is 18.9. The lowest BCUT2D eigenvalue weighted by molar-refractivity contribution is -0.150. The Labute approximate surface area is 113 Å². The van der Waals surface area contributed by atoms with Gasteiger partial charge in [0.05, 0.1) is 5.41 Å². The molecule has 0 rings (SSSR count). The molecule has 0 fully saturated rings. The lowest BCUT2D eigenvalue weighted by atomic mass is 9.98. The summed E-state index contributed by atoms with van der Waals surface area (Å²) >= 11 is 10.2. The third-order valence-electron chi connectivity index (χ3n) is 1.47. The van der Waals surface area contributed by atoms with Crippen LogP contribution in [0.3, 0.4) is 0 Å². The zero-order chi connectivity index (χ0) is 13.9. The van der Waals surface area contributed by atoms with E-state index in [1.165, 1.54) is 0 Å². The average Bonchev–Trinajstić information content (AvgIpc) is 2.18. The van der Waals surface area contributed by atoms with Gasteiger partial charge in [-0.15, -0.1) is 0 Å². The van der Waals surface area contributed by atoms with Crippen LogP contribution in [0.15, 0.2) is 0 Å². The van der Waals surface area contributed by atoms with Crippen LogP contribution in [-0.2, 0) is 19.1 Å². The van der Waals surface area contributed by atoms with Crippen LogP contribution in [-0.4, -0.2) is 24.1 Å². The van der Waals surface area contributed by atoms with E-state index in [9.17, 15) is 9.59 Å². The van der Waals surface area contributed by atoms with Crippen LogP contribution < -0.4 is 0 Å². The summed E-state index contributed by atoms with van der Waals surface area (Å²) in [5.74, 6) is -0.486. The molecule has 0 saturated carbocycles. The lowest BCUT2D eigenvalue weighted by Crippen LogP contribution is -2.22. The molecule has 0 radical (unpaired) electrons. The Hall–Kier alpha value is -0.480. The van der Waals surface area contributed by atoms with E-state index in [2.05, 4.69) is 9.47 Å². The molecule has 0 aliphatic rings. The molecule has 0 aliphatic heterocycles. The molecule has 0 spiro atoms. The second kappa shape index (κ2) is 10.7. The summed E-state index contributed by atoms with van der Waals surface area (Å²) in [5.41, 5.74) is -0.436. The number of rotatable bonds is 4. The third-order valence-corrected chi connectivity index (χ3v) is 1.69. The van der Waals surface area contributed by atoms with Gasteiger partial charge in [-0.05, 0) is 27.2 Å². The van der Waals surface area contributed by atoms with Crippen LogP contribution in [0.5, 0.6) is 0 Å². The summed E-state index contributed by atoms with van der Waals surface area (Å²) in [7, 11) is 0. The number of ether oxygens (including phenoxy) is 2. The summed E-state index contributed by atoms with van der Waals surface area (Å²) in [4.78, 5) is 21.1. The molecular weight excluding hydrogens is 267 g/mol. The maximum absolute atomic E-state index is 10.8. The molecule has 0 amide bonds. The van der Waals surface area contributed by atoms with Crippen LogP contribution in [0.2, 0.25) is 0 Å². The summed E-state index contributed by atoms with van der Waals surface area (Å²) in [6.07, 6.45) is 1.28. The smallest absolute Gasteiger partial charge is 0.312 e. The number of halogens is 2. The van der Waals surface area contributed by atoms with E-state index < -0.39 is 5.41 Å². The van der Waals surface area contributed by atoms with E-state index in [0.29, 0.717) is 6.42 Å². The molecule has 0 aliphatic carbocycles. The SMILES string of the molecule is CC(C)(C)C(=O)OCCl.CCCC(=O)OCCl. The molecule has 0 saturated heterocycles. The standard InChI is InChI=1S/C6H11ClO2.C5H9ClO2/c1-6(2,3)5(8)9-4-7;1-2-3-5(7)8-4-6/h4H2,1-3H3;2-4H2,1H3. The quantitative estimate of drug-likeness (QED) is 0.588. The van der Waals surface area contributed by atoms with E-state index in [4.69, 9.17) is 23.2 Å². The average molecular weight is 287 g/mol. The fourth-order valence-corrected chi connectivity index (χ4v) is 0.824. The van der Waals surface area contributed by atoms with Gasteiger partial charge in [0.25, 0.3) is 0 Å². The van der Waals surface area contributed by atoms with Crippen LogP contribution in [0.1, 0.15) is 40.5 Å². The van der Waals surface area contributed by atoms with Crippen molar-refractivity contribution in [2.24, 2.45) is 5.41 Å². The van der Waals surface area contributed by atoms with Crippen molar-refractivity contribution in [1.29, 1.82) is 0 Å². The highest BCUT2D eigenvalue weighted by Crippen LogP contribution is 2.14. The van der Waals surface area contributed by atoms with Crippen molar-refractivity contribution in [3.63, 3.8) is 0 Å². The lowest BCUT2D eigenvalue weighted by Gasteiger charge is -2.14. The molecular formula is C11H20Cl2O4. The Morgan fingerprint density at radius 1 is 1.06 bits per heavy atom. The van der Waals surface area contributed by atoms with Crippen molar-refractivity contribution in [3.8, 4) is 0 Å². The molecule has 6 heteroatoms. The second-order valence-corrected chi connectivity index (χ2v) is 4.60. The maximum Gasteiger partial charge on any atom is 0.312 e. The highest BCUT2D eigenvalue weighted by molar-refractivity contribution is 6.17. The fraction of sp³-hybridized carbons (Fsp3) is 0.818. The Morgan fingerprint density at radius 2 is 1.53 bits per heavy atom. The molecule has 0 aromatic carbocycles. The van der Waals surface area contributed by atoms with Crippen molar-refractivity contribution in [2.45, 2.75) is 40.5 Å². The number of hydrogen-bond acceptors (Lipinski definition) is 4. The van der Waals surface area contributed by atoms with Crippen molar-refractivity contribution in [1.82, 2.24) is 0 Å². The highest BCUT2D eigenvalue weighted by atomic mass is 35.5. The zero-order valence-electron chi connectivity index (χ0n) is 10.7. The molecule has 0 N–H and O–H groups in total. The van der Waals surface area contributed by atoms with E-state index in [1.807, 2.05) is 6.92 Å². The summed E-state index contributed by atoms with van der Waals surface area (Å²) in [6.45, 7) is 7.25. The Balaban J connectivity index is 0. The highest BCUT2D eigenvalue weighted by Gasteiger charge is 2.22. The minimum Gasteiger partial charge on any atom is -0.449 e. The molecule has 0 atom stereocenters. The number of carbonyl (C=O) groups excluding carboxylic acids is 2. The van der Waals surface area contributed by atoms with Gasteiger partial charge < -0.3 is 9.47 Å². The van der Waals surface area contributed by atoms with Gasteiger partial charge in [0.1, 0.15) is 0 Å². The number of esters is 2. The van der Waals surface area contributed by atoms with Crippen LogP contribution in [0, 0.1) is 5.41 Å². The first-order valence-corrected chi connectivity index (χ1v) is 6.31. The molecule has 0 unspecified atom stereocenters. The fourth-order valence-electron chi connectivity index (χ4n) is 0.603.